The number of fused-ring (bicyclic) bond motifs is 1. The number of hydrogen-bond donors (Lipinski definition) is 2. The molecule has 178 valence electrons. The average Bonchev–Trinajstić information content (AvgIpc) is 3.15. The van der Waals surface area contributed by atoms with Crippen LogP contribution in [0.1, 0.15) is 44.9 Å². The maximum Gasteiger partial charge on any atom is 0.340 e. The number of nitrogens with zero attached hydrogens (tertiary/aromatic N) is 3. The van der Waals surface area contributed by atoms with E-state index in [0.29, 0.717) is 16.9 Å². The molecule has 0 aliphatic rings. The first-order chi connectivity index (χ1) is 16.8. The summed E-state index contributed by atoms with van der Waals surface area (Å²) < 4.78 is 6.79. The third-order valence-corrected chi connectivity index (χ3v) is 5.53. The zero-order valence-corrected chi connectivity index (χ0v) is 19.6. The number of anilines is 1. The summed E-state index contributed by atoms with van der Waals surface area (Å²) in [7, 11) is 1.77. The van der Waals surface area contributed by atoms with Crippen LogP contribution in [0.25, 0.3) is 11.0 Å². The highest BCUT2D eigenvalue weighted by atomic mass is 16.5. The summed E-state index contributed by atoms with van der Waals surface area (Å²) in [5.74, 6) is -1.58. The Labute approximate surface area is 202 Å². The Hall–Kier alpha value is -4.53. The van der Waals surface area contributed by atoms with Gasteiger partial charge in [-0.25, -0.2) is 9.78 Å². The van der Waals surface area contributed by atoms with Gasteiger partial charge >= 0.3 is 5.97 Å². The number of pyridine rings is 1. The molecule has 2 aromatic heterocycles. The summed E-state index contributed by atoms with van der Waals surface area (Å²) in [6.07, 6.45) is 1.39. The fourth-order valence-electron chi connectivity index (χ4n) is 3.71. The lowest BCUT2D eigenvalue weighted by atomic mass is 10.1. The van der Waals surface area contributed by atoms with Gasteiger partial charge < -0.3 is 15.4 Å². The summed E-state index contributed by atoms with van der Waals surface area (Å²) in [6, 6.07) is 17.6. The lowest BCUT2D eigenvalue weighted by Crippen LogP contribution is -2.28. The first-order valence-electron chi connectivity index (χ1n) is 11.0. The van der Waals surface area contributed by atoms with Crippen molar-refractivity contribution < 1.29 is 19.1 Å². The number of para-hydroxylation sites is 1. The van der Waals surface area contributed by atoms with Crippen molar-refractivity contribution >= 4 is 34.5 Å². The number of benzene rings is 2. The molecule has 2 heterocycles. The Morgan fingerprint density at radius 3 is 2.54 bits per heavy atom. The van der Waals surface area contributed by atoms with Crippen LogP contribution in [0.3, 0.4) is 0 Å². The van der Waals surface area contributed by atoms with Crippen LogP contribution in [0.4, 0.5) is 5.69 Å². The van der Waals surface area contributed by atoms with Crippen LogP contribution in [0.5, 0.6) is 0 Å². The average molecular weight is 472 g/mol. The van der Waals surface area contributed by atoms with Gasteiger partial charge in [0.05, 0.1) is 28.6 Å². The van der Waals surface area contributed by atoms with Gasteiger partial charge in [0.25, 0.3) is 11.8 Å². The molecule has 2 aromatic carbocycles. The molecule has 9 nitrogen and oxygen atoms in total. The van der Waals surface area contributed by atoms with E-state index in [9.17, 15) is 14.4 Å². The van der Waals surface area contributed by atoms with Gasteiger partial charge in [-0.1, -0.05) is 42.5 Å². The molecule has 0 aliphatic heterocycles. The topological polar surface area (TPSA) is 115 Å². The second kappa shape index (κ2) is 10.2. The molecule has 1 unspecified atom stereocenters. The highest BCUT2D eigenvalue weighted by Gasteiger charge is 2.18. The zero-order chi connectivity index (χ0) is 24.9. The number of aromatic nitrogens is 3. The number of carbonyl (C=O) groups is 3. The van der Waals surface area contributed by atoms with Gasteiger partial charge in [0, 0.05) is 18.6 Å². The smallest absolute Gasteiger partial charge is 0.340 e. The fraction of sp³-hybridized carbons (Fsp3) is 0.192. The minimum Gasteiger partial charge on any atom is -0.452 e. The molecule has 0 saturated heterocycles. The first-order valence-corrected chi connectivity index (χ1v) is 11.0. The van der Waals surface area contributed by atoms with E-state index < -0.39 is 18.5 Å². The van der Waals surface area contributed by atoms with Gasteiger partial charge in [-0.3, -0.25) is 14.3 Å². The number of amides is 2. The molecular formula is C26H25N5O4. The molecule has 1 atom stereocenters. The summed E-state index contributed by atoms with van der Waals surface area (Å²) in [6.45, 7) is 3.19. The minimum atomic E-state index is -0.680. The summed E-state index contributed by atoms with van der Waals surface area (Å²) in [5, 5.41) is 10.6. The normalized spacial score (nSPS) is 11.6. The highest BCUT2D eigenvalue weighted by Crippen LogP contribution is 2.19. The molecule has 4 aromatic rings. The van der Waals surface area contributed by atoms with Crippen LogP contribution in [-0.2, 0) is 16.6 Å². The number of rotatable bonds is 7. The second-order valence-electron chi connectivity index (χ2n) is 8.08. The molecule has 0 saturated carbocycles. The van der Waals surface area contributed by atoms with Crippen LogP contribution in [0.15, 0.2) is 66.9 Å². The van der Waals surface area contributed by atoms with Crippen molar-refractivity contribution in [2.45, 2.75) is 19.9 Å². The SMILES string of the molecule is Cc1nn(C)c2ncc(C(=O)OCC(=O)Nc3ccccc3C(=O)NC(C)c3ccccc3)cc12. The molecule has 0 radical (unpaired) electrons. The van der Waals surface area contributed by atoms with Gasteiger partial charge in [0.2, 0.25) is 0 Å². The lowest BCUT2D eigenvalue weighted by Gasteiger charge is -2.16. The van der Waals surface area contributed by atoms with Gasteiger partial charge in [-0.05, 0) is 37.6 Å². The van der Waals surface area contributed by atoms with E-state index in [-0.39, 0.29) is 17.5 Å². The summed E-state index contributed by atoms with van der Waals surface area (Å²) in [4.78, 5) is 42.1. The predicted octanol–water partition coefficient (Wildman–Crippen LogP) is 3.56. The summed E-state index contributed by atoms with van der Waals surface area (Å²) in [5.41, 5.74) is 3.18. The van der Waals surface area contributed by atoms with Gasteiger partial charge in [-0.15, -0.1) is 0 Å². The molecule has 35 heavy (non-hydrogen) atoms. The zero-order valence-electron chi connectivity index (χ0n) is 19.6. The van der Waals surface area contributed by atoms with Crippen molar-refractivity contribution in [3.8, 4) is 0 Å². The molecule has 2 N–H and O–H groups in total. The van der Waals surface area contributed by atoms with Crippen molar-refractivity contribution in [3.63, 3.8) is 0 Å². The number of carbonyl (C=O) groups excluding carboxylic acids is 3. The molecular weight excluding hydrogens is 446 g/mol. The van der Waals surface area contributed by atoms with E-state index in [2.05, 4.69) is 20.7 Å². The Balaban J connectivity index is 1.38. The monoisotopic (exact) mass is 471 g/mol. The Kier molecular flexibility index (Phi) is 6.86. The maximum atomic E-state index is 12.9. The van der Waals surface area contributed by atoms with Crippen LogP contribution in [-0.4, -0.2) is 39.2 Å². The molecule has 2 amide bonds. The number of hydrogen-bond acceptors (Lipinski definition) is 6. The number of aryl methyl sites for hydroxylation is 2. The van der Waals surface area contributed by atoms with Crippen molar-refractivity contribution in [1.29, 1.82) is 0 Å². The van der Waals surface area contributed by atoms with Gasteiger partial charge in [-0.2, -0.15) is 5.10 Å². The van der Waals surface area contributed by atoms with E-state index >= 15 is 0 Å². The number of nitrogens with one attached hydrogen (secondary N) is 2. The third-order valence-electron chi connectivity index (χ3n) is 5.53. The molecule has 0 spiro atoms. The maximum absolute atomic E-state index is 12.9. The van der Waals surface area contributed by atoms with Gasteiger partial charge in [0.1, 0.15) is 0 Å². The lowest BCUT2D eigenvalue weighted by molar-refractivity contribution is -0.119. The van der Waals surface area contributed by atoms with E-state index in [1.807, 2.05) is 44.2 Å². The Morgan fingerprint density at radius 1 is 1.06 bits per heavy atom. The predicted molar refractivity (Wildman–Crippen MR) is 131 cm³/mol. The number of ether oxygens (including phenoxy) is 1. The minimum absolute atomic E-state index is 0.219. The van der Waals surface area contributed by atoms with Crippen LogP contribution < -0.4 is 10.6 Å². The van der Waals surface area contributed by atoms with E-state index in [4.69, 9.17) is 4.74 Å². The Bertz CT molecular complexity index is 1400. The van der Waals surface area contributed by atoms with E-state index in [0.717, 1.165) is 16.6 Å². The van der Waals surface area contributed by atoms with Crippen molar-refractivity contribution in [2.75, 3.05) is 11.9 Å². The summed E-state index contributed by atoms with van der Waals surface area (Å²) >= 11 is 0. The standard InChI is InChI=1S/C26H25N5O4/c1-16(18-9-5-4-6-10-18)28-25(33)20-11-7-8-12-22(20)29-23(32)15-35-26(34)19-13-21-17(2)30-31(3)24(21)27-14-19/h4-14,16H,15H2,1-3H3,(H,28,33)(H,29,32). The van der Waals surface area contributed by atoms with E-state index in [1.54, 1.807) is 42.1 Å². The van der Waals surface area contributed by atoms with Crippen molar-refractivity contribution in [1.82, 2.24) is 20.1 Å². The van der Waals surface area contributed by atoms with Crippen LogP contribution in [0, 0.1) is 6.92 Å². The number of esters is 1. The molecule has 4 rings (SSSR count). The molecule has 0 bridgehead atoms. The van der Waals surface area contributed by atoms with E-state index in [1.165, 1.54) is 6.20 Å². The van der Waals surface area contributed by atoms with Gasteiger partial charge in [0.15, 0.2) is 12.3 Å². The van der Waals surface area contributed by atoms with Crippen molar-refractivity contribution in [2.24, 2.45) is 7.05 Å². The quantitative estimate of drug-likeness (QED) is 0.398. The Morgan fingerprint density at radius 2 is 1.77 bits per heavy atom. The van der Waals surface area contributed by atoms with Crippen LogP contribution >= 0.6 is 0 Å². The van der Waals surface area contributed by atoms with Crippen LogP contribution in [0.2, 0.25) is 0 Å². The highest BCUT2D eigenvalue weighted by molar-refractivity contribution is 6.04. The third kappa shape index (κ3) is 5.35. The molecule has 0 aliphatic carbocycles. The molecule has 9 heteroatoms. The first kappa shape index (κ1) is 23.6. The molecule has 0 fully saturated rings. The fourth-order valence-corrected chi connectivity index (χ4v) is 3.71. The second-order valence-corrected chi connectivity index (χ2v) is 8.08. The largest absolute Gasteiger partial charge is 0.452 e. The van der Waals surface area contributed by atoms with Crippen molar-refractivity contribution in [3.05, 3.63) is 89.2 Å².